The summed E-state index contributed by atoms with van der Waals surface area (Å²) >= 11 is 0. The van der Waals surface area contributed by atoms with Gasteiger partial charge in [-0.05, 0) is 24.1 Å². The van der Waals surface area contributed by atoms with Crippen LogP contribution in [0.1, 0.15) is 12.0 Å². The second-order valence-electron chi connectivity index (χ2n) is 4.83. The van der Waals surface area contributed by atoms with Gasteiger partial charge in [0.15, 0.2) is 0 Å². The molecule has 126 valence electrons. The highest BCUT2D eigenvalue weighted by molar-refractivity contribution is 5.69. The number of benzene rings is 1. The van der Waals surface area contributed by atoms with Crippen molar-refractivity contribution in [1.29, 1.82) is 0 Å². The predicted octanol–water partition coefficient (Wildman–Crippen LogP) is 2.28. The minimum Gasteiger partial charge on any atom is -0.469 e. The van der Waals surface area contributed by atoms with Gasteiger partial charge in [0.2, 0.25) is 11.8 Å². The monoisotopic (exact) mass is 331 g/mol. The average Bonchev–Trinajstić information content (AvgIpc) is 2.60. The lowest BCUT2D eigenvalue weighted by atomic mass is 10.1. The topological polar surface area (TPSA) is 119 Å². The van der Waals surface area contributed by atoms with Crippen molar-refractivity contribution in [2.75, 3.05) is 24.8 Å². The van der Waals surface area contributed by atoms with Crippen LogP contribution in [0.2, 0.25) is 0 Å². The van der Waals surface area contributed by atoms with E-state index in [1.807, 2.05) is 24.3 Å². The number of aromatic nitrogens is 2. The number of nitrogens with one attached hydrogen (secondary N) is 2. The summed E-state index contributed by atoms with van der Waals surface area (Å²) in [6.45, 7) is 0. The van der Waals surface area contributed by atoms with E-state index in [1.165, 1.54) is 7.11 Å². The van der Waals surface area contributed by atoms with Crippen LogP contribution in [0.25, 0.3) is 0 Å². The van der Waals surface area contributed by atoms with Gasteiger partial charge in [0, 0.05) is 19.2 Å². The zero-order valence-corrected chi connectivity index (χ0v) is 13.3. The first-order valence-corrected chi connectivity index (χ1v) is 7.15. The number of hydrogen-bond donors (Lipinski definition) is 2. The van der Waals surface area contributed by atoms with Crippen molar-refractivity contribution >= 4 is 29.1 Å². The fourth-order valence-electron chi connectivity index (χ4n) is 1.99. The number of carbonyl (C=O) groups excluding carboxylic acids is 1. The van der Waals surface area contributed by atoms with Gasteiger partial charge in [-0.3, -0.25) is 14.9 Å². The average molecular weight is 331 g/mol. The molecule has 2 rings (SSSR count). The summed E-state index contributed by atoms with van der Waals surface area (Å²) in [5.41, 5.74) is 1.53. The molecule has 0 spiro atoms. The molecule has 1 aromatic heterocycles. The highest BCUT2D eigenvalue weighted by Gasteiger charge is 2.15. The second-order valence-corrected chi connectivity index (χ2v) is 4.83. The minimum absolute atomic E-state index is 0.132. The van der Waals surface area contributed by atoms with Gasteiger partial charge < -0.3 is 15.4 Å². The Labute approximate surface area is 138 Å². The molecule has 0 fully saturated rings. The molecule has 0 atom stereocenters. The Morgan fingerprint density at radius 1 is 1.33 bits per heavy atom. The van der Waals surface area contributed by atoms with Gasteiger partial charge in [0.25, 0.3) is 0 Å². The fraction of sp³-hybridized carbons (Fsp3) is 0.267. The quantitative estimate of drug-likeness (QED) is 0.450. The summed E-state index contributed by atoms with van der Waals surface area (Å²) in [6.07, 6.45) is 2.05. The number of anilines is 3. The van der Waals surface area contributed by atoms with E-state index >= 15 is 0 Å². The van der Waals surface area contributed by atoms with Gasteiger partial charge in [-0.2, -0.15) is 4.98 Å². The van der Waals surface area contributed by atoms with Crippen molar-refractivity contribution in [2.24, 2.45) is 0 Å². The van der Waals surface area contributed by atoms with Gasteiger partial charge in [-0.25, -0.2) is 4.98 Å². The van der Waals surface area contributed by atoms with E-state index in [-0.39, 0.29) is 23.4 Å². The number of nitro groups is 1. The zero-order valence-electron chi connectivity index (χ0n) is 13.3. The van der Waals surface area contributed by atoms with Crippen LogP contribution in [0, 0.1) is 10.1 Å². The zero-order chi connectivity index (χ0) is 17.5. The summed E-state index contributed by atoms with van der Waals surface area (Å²) in [7, 11) is 2.91. The van der Waals surface area contributed by atoms with Crippen LogP contribution < -0.4 is 10.6 Å². The Kier molecular flexibility index (Phi) is 5.61. The SMILES string of the molecule is CNc1nc(Nc2ccc(CCC(=O)OC)cc2)ncc1[N+](=O)[O-]. The Hall–Kier alpha value is -3.23. The molecule has 0 saturated carbocycles. The third kappa shape index (κ3) is 4.38. The third-order valence-electron chi connectivity index (χ3n) is 3.26. The lowest BCUT2D eigenvalue weighted by molar-refractivity contribution is -0.384. The smallest absolute Gasteiger partial charge is 0.329 e. The maximum Gasteiger partial charge on any atom is 0.329 e. The molecule has 1 heterocycles. The van der Waals surface area contributed by atoms with E-state index in [1.54, 1.807) is 7.05 Å². The van der Waals surface area contributed by atoms with Crippen LogP contribution in [0.3, 0.4) is 0 Å². The molecular formula is C15H17N5O4. The standard InChI is InChI=1S/C15H17N5O4/c1-16-14-12(20(22)23)9-17-15(19-14)18-11-6-3-10(4-7-11)5-8-13(21)24-2/h3-4,6-7,9H,5,8H2,1-2H3,(H2,16,17,18,19). The maximum atomic E-state index is 11.1. The number of ether oxygens (including phenoxy) is 1. The number of esters is 1. The lowest BCUT2D eigenvalue weighted by Gasteiger charge is -2.07. The Morgan fingerprint density at radius 2 is 2.04 bits per heavy atom. The number of rotatable bonds is 7. The second kappa shape index (κ2) is 7.86. The summed E-state index contributed by atoms with van der Waals surface area (Å²) < 4.78 is 4.60. The summed E-state index contributed by atoms with van der Waals surface area (Å²) in [6, 6.07) is 7.37. The van der Waals surface area contributed by atoms with Gasteiger partial charge in [0.05, 0.1) is 12.0 Å². The first-order chi connectivity index (χ1) is 11.5. The Morgan fingerprint density at radius 3 is 2.62 bits per heavy atom. The molecule has 0 aliphatic rings. The van der Waals surface area contributed by atoms with Gasteiger partial charge in [-0.1, -0.05) is 12.1 Å². The molecule has 9 heteroatoms. The maximum absolute atomic E-state index is 11.1. The van der Waals surface area contributed by atoms with Crippen molar-refractivity contribution < 1.29 is 14.5 Å². The van der Waals surface area contributed by atoms with Crippen LogP contribution >= 0.6 is 0 Å². The fourth-order valence-corrected chi connectivity index (χ4v) is 1.99. The molecule has 0 saturated heterocycles. The first-order valence-electron chi connectivity index (χ1n) is 7.15. The number of hydrogen-bond acceptors (Lipinski definition) is 8. The normalized spacial score (nSPS) is 10.1. The van der Waals surface area contributed by atoms with E-state index in [9.17, 15) is 14.9 Å². The van der Waals surface area contributed by atoms with Crippen molar-refractivity contribution in [2.45, 2.75) is 12.8 Å². The molecule has 0 unspecified atom stereocenters. The van der Waals surface area contributed by atoms with Crippen LogP contribution in [-0.2, 0) is 16.0 Å². The van der Waals surface area contributed by atoms with Crippen molar-refractivity contribution in [3.05, 3.63) is 46.1 Å². The molecule has 9 nitrogen and oxygen atoms in total. The van der Waals surface area contributed by atoms with Crippen molar-refractivity contribution in [1.82, 2.24) is 9.97 Å². The van der Waals surface area contributed by atoms with E-state index < -0.39 is 4.92 Å². The molecule has 2 aromatic rings. The first kappa shape index (κ1) is 17.1. The van der Waals surface area contributed by atoms with Gasteiger partial charge >= 0.3 is 11.7 Å². The predicted molar refractivity (Wildman–Crippen MR) is 88.3 cm³/mol. The summed E-state index contributed by atoms with van der Waals surface area (Å²) in [5, 5.41) is 16.5. The molecular weight excluding hydrogens is 314 g/mol. The van der Waals surface area contributed by atoms with E-state index in [2.05, 4.69) is 25.3 Å². The van der Waals surface area contributed by atoms with E-state index in [4.69, 9.17) is 0 Å². The Balaban J connectivity index is 2.06. The lowest BCUT2D eigenvalue weighted by Crippen LogP contribution is -2.04. The number of aryl methyl sites for hydroxylation is 1. The number of nitrogens with zero attached hydrogens (tertiary/aromatic N) is 3. The van der Waals surface area contributed by atoms with Gasteiger partial charge in [0.1, 0.15) is 6.20 Å². The number of methoxy groups -OCH3 is 1. The van der Waals surface area contributed by atoms with Crippen LogP contribution in [0.4, 0.5) is 23.1 Å². The third-order valence-corrected chi connectivity index (χ3v) is 3.26. The van der Waals surface area contributed by atoms with Crippen LogP contribution in [-0.4, -0.2) is 35.0 Å². The molecule has 0 radical (unpaired) electrons. The van der Waals surface area contributed by atoms with Crippen molar-refractivity contribution in [3.8, 4) is 0 Å². The van der Waals surface area contributed by atoms with E-state index in [0.717, 1.165) is 17.4 Å². The van der Waals surface area contributed by atoms with Crippen LogP contribution in [0.5, 0.6) is 0 Å². The van der Waals surface area contributed by atoms with E-state index in [0.29, 0.717) is 12.8 Å². The molecule has 0 amide bonds. The molecule has 24 heavy (non-hydrogen) atoms. The molecule has 0 aliphatic carbocycles. The molecule has 2 N–H and O–H groups in total. The largest absolute Gasteiger partial charge is 0.469 e. The van der Waals surface area contributed by atoms with Crippen molar-refractivity contribution in [3.63, 3.8) is 0 Å². The molecule has 0 bridgehead atoms. The Bertz CT molecular complexity index is 733. The highest BCUT2D eigenvalue weighted by atomic mass is 16.6. The summed E-state index contributed by atoms with van der Waals surface area (Å²) in [4.78, 5) is 29.4. The minimum atomic E-state index is -0.550. The van der Waals surface area contributed by atoms with Gasteiger partial charge in [-0.15, -0.1) is 0 Å². The molecule has 1 aromatic carbocycles. The molecule has 0 aliphatic heterocycles. The number of carbonyl (C=O) groups is 1. The highest BCUT2D eigenvalue weighted by Crippen LogP contribution is 2.23. The van der Waals surface area contributed by atoms with Crippen LogP contribution in [0.15, 0.2) is 30.5 Å². The summed E-state index contributed by atoms with van der Waals surface area (Å²) in [5.74, 6) is 0.121.